The molecule has 2 aromatic rings. The first-order valence-electron chi connectivity index (χ1n) is 8.60. The molecule has 134 valence electrons. The number of anilines is 1. The van der Waals surface area contributed by atoms with Crippen LogP contribution < -0.4 is 15.2 Å². The zero-order chi connectivity index (χ0) is 18.0. The Labute approximate surface area is 146 Å². The summed E-state index contributed by atoms with van der Waals surface area (Å²) < 4.78 is 5.45. The molecule has 6 nitrogen and oxygen atoms in total. The molecule has 0 amide bonds. The Kier molecular flexibility index (Phi) is 5.11. The highest BCUT2D eigenvalue weighted by Gasteiger charge is 2.24. The Balaban J connectivity index is 1.68. The summed E-state index contributed by atoms with van der Waals surface area (Å²) in [6, 6.07) is 7.50. The van der Waals surface area contributed by atoms with Crippen molar-refractivity contribution in [1.82, 2.24) is 0 Å². The molecule has 0 aliphatic carbocycles. The number of aliphatic hydroxyl groups is 1. The topological polar surface area (TPSA) is 78.3 Å². The summed E-state index contributed by atoms with van der Waals surface area (Å²) in [5, 5.41) is 19.1. The van der Waals surface area contributed by atoms with Crippen molar-refractivity contribution in [3.05, 3.63) is 57.1 Å². The number of benzene rings is 1. The molecule has 6 heteroatoms. The van der Waals surface area contributed by atoms with Gasteiger partial charge in [0.05, 0.1) is 26.2 Å². The van der Waals surface area contributed by atoms with Gasteiger partial charge in [0, 0.05) is 11.8 Å². The lowest BCUT2D eigenvalue weighted by atomic mass is 10.1. The molecule has 1 aromatic heterocycles. The predicted octanol–water partition coefficient (Wildman–Crippen LogP) is 0.360. The van der Waals surface area contributed by atoms with Gasteiger partial charge in [0.15, 0.2) is 0 Å². The van der Waals surface area contributed by atoms with Crippen LogP contribution in [0.25, 0.3) is 0 Å². The predicted molar refractivity (Wildman–Crippen MR) is 95.1 cm³/mol. The van der Waals surface area contributed by atoms with E-state index in [0.717, 1.165) is 32.2 Å². The Bertz CT molecular complexity index is 808. The van der Waals surface area contributed by atoms with Gasteiger partial charge in [-0.05, 0) is 31.0 Å². The Morgan fingerprint density at radius 3 is 2.64 bits per heavy atom. The molecule has 0 unspecified atom stereocenters. The smallest absolute Gasteiger partial charge is 0.227 e. The van der Waals surface area contributed by atoms with Crippen molar-refractivity contribution in [2.45, 2.75) is 27.0 Å². The number of aryl methyl sites for hydroxylation is 1. The van der Waals surface area contributed by atoms with Gasteiger partial charge in [0.2, 0.25) is 16.9 Å². The maximum absolute atomic E-state index is 11.7. The number of quaternary nitrogens is 1. The van der Waals surface area contributed by atoms with Crippen molar-refractivity contribution < 1.29 is 19.5 Å². The quantitative estimate of drug-likeness (QED) is 0.746. The summed E-state index contributed by atoms with van der Waals surface area (Å²) in [4.78, 5) is 15.4. The molecule has 1 aromatic carbocycles. The number of hydrogen-bond donors (Lipinski definition) is 3. The summed E-state index contributed by atoms with van der Waals surface area (Å²) in [5.41, 5.74) is 3.37. The minimum Gasteiger partial charge on any atom is -0.502 e. The van der Waals surface area contributed by atoms with Crippen LogP contribution in [0.15, 0.2) is 33.5 Å². The lowest BCUT2D eigenvalue weighted by molar-refractivity contribution is -0.915. The van der Waals surface area contributed by atoms with E-state index in [2.05, 4.69) is 36.9 Å². The average molecular weight is 345 g/mol. The minimum atomic E-state index is -0.501. The average Bonchev–Trinajstić information content (AvgIpc) is 2.62. The summed E-state index contributed by atoms with van der Waals surface area (Å²) in [5.74, 6) is 0.0969. The highest BCUT2D eigenvalue weighted by molar-refractivity contribution is 5.56. The third-order valence-corrected chi connectivity index (χ3v) is 5.00. The number of aliphatic hydroxyl groups excluding tert-OH is 1. The van der Waals surface area contributed by atoms with Gasteiger partial charge in [0.1, 0.15) is 18.9 Å². The molecule has 3 rings (SSSR count). The summed E-state index contributed by atoms with van der Waals surface area (Å²) >= 11 is 0. The second-order valence-electron chi connectivity index (χ2n) is 6.64. The van der Waals surface area contributed by atoms with E-state index in [4.69, 9.17) is 9.52 Å². The van der Waals surface area contributed by atoms with Crippen LogP contribution in [-0.4, -0.2) is 36.4 Å². The number of hydrogen-bond acceptors (Lipinski definition) is 5. The van der Waals surface area contributed by atoms with Crippen LogP contribution >= 0.6 is 0 Å². The van der Waals surface area contributed by atoms with Crippen LogP contribution in [0.2, 0.25) is 0 Å². The summed E-state index contributed by atoms with van der Waals surface area (Å²) in [6.07, 6.45) is 0. The van der Waals surface area contributed by atoms with Gasteiger partial charge >= 0.3 is 0 Å². The van der Waals surface area contributed by atoms with Crippen LogP contribution in [0.5, 0.6) is 5.75 Å². The molecule has 1 aliphatic heterocycles. The third-order valence-electron chi connectivity index (χ3n) is 5.00. The standard InChI is InChI=1S/C19H24N2O4/c1-13-4-3-5-16(14(13)2)21-8-6-20(7-9-21)11-18-19(24)17(23)10-15(12-22)25-18/h3-5,10,22,24H,6-9,11-12H2,1-2H3/p+1. The van der Waals surface area contributed by atoms with Crippen molar-refractivity contribution in [2.75, 3.05) is 31.1 Å². The van der Waals surface area contributed by atoms with Gasteiger partial charge in [0.25, 0.3) is 0 Å². The minimum absolute atomic E-state index is 0.186. The highest BCUT2D eigenvalue weighted by atomic mass is 16.4. The van der Waals surface area contributed by atoms with Crippen LogP contribution in [0.4, 0.5) is 5.69 Å². The molecule has 1 aliphatic rings. The molecule has 1 fully saturated rings. The molecule has 0 atom stereocenters. The maximum Gasteiger partial charge on any atom is 0.227 e. The zero-order valence-corrected chi connectivity index (χ0v) is 14.7. The highest BCUT2D eigenvalue weighted by Crippen LogP contribution is 2.22. The lowest BCUT2D eigenvalue weighted by Gasteiger charge is -2.34. The van der Waals surface area contributed by atoms with E-state index in [1.807, 2.05) is 0 Å². The molecule has 25 heavy (non-hydrogen) atoms. The van der Waals surface area contributed by atoms with Gasteiger partial charge < -0.3 is 24.4 Å². The third kappa shape index (κ3) is 3.70. The van der Waals surface area contributed by atoms with E-state index in [-0.39, 0.29) is 23.9 Å². The van der Waals surface area contributed by atoms with Crippen molar-refractivity contribution in [2.24, 2.45) is 0 Å². The van der Waals surface area contributed by atoms with Crippen molar-refractivity contribution in [3.63, 3.8) is 0 Å². The Hall–Kier alpha value is -2.31. The fourth-order valence-corrected chi connectivity index (χ4v) is 3.33. The SMILES string of the molecule is Cc1cccc(N2CC[NH+](Cc3oc(CO)cc(=O)c3O)CC2)c1C. The second kappa shape index (κ2) is 7.29. The molecular formula is C19H25N2O4+. The molecule has 3 N–H and O–H groups in total. The zero-order valence-electron chi connectivity index (χ0n) is 14.7. The van der Waals surface area contributed by atoms with Crippen molar-refractivity contribution in [3.8, 4) is 5.75 Å². The molecule has 1 saturated heterocycles. The van der Waals surface area contributed by atoms with Gasteiger partial charge in [-0.15, -0.1) is 0 Å². The second-order valence-corrected chi connectivity index (χ2v) is 6.64. The van der Waals surface area contributed by atoms with Crippen LogP contribution in [0, 0.1) is 13.8 Å². The van der Waals surface area contributed by atoms with E-state index < -0.39 is 5.43 Å². The fourth-order valence-electron chi connectivity index (χ4n) is 3.33. The van der Waals surface area contributed by atoms with E-state index in [1.54, 1.807) is 0 Å². The van der Waals surface area contributed by atoms with Crippen molar-refractivity contribution >= 4 is 5.69 Å². The van der Waals surface area contributed by atoms with Crippen LogP contribution in [0.1, 0.15) is 22.6 Å². The number of nitrogens with zero attached hydrogens (tertiary/aromatic N) is 1. The normalized spacial score (nSPS) is 15.6. The van der Waals surface area contributed by atoms with Crippen LogP contribution in [0.3, 0.4) is 0 Å². The Morgan fingerprint density at radius 2 is 1.96 bits per heavy atom. The molecule has 0 spiro atoms. The first-order chi connectivity index (χ1) is 12.0. The van der Waals surface area contributed by atoms with Gasteiger partial charge in [-0.2, -0.15) is 0 Å². The summed E-state index contributed by atoms with van der Waals surface area (Å²) in [7, 11) is 0. The first-order valence-corrected chi connectivity index (χ1v) is 8.60. The number of aromatic hydroxyl groups is 1. The summed E-state index contributed by atoms with van der Waals surface area (Å²) in [6.45, 7) is 7.96. The lowest BCUT2D eigenvalue weighted by Crippen LogP contribution is -3.13. The molecule has 0 saturated carbocycles. The number of nitrogens with one attached hydrogen (secondary N) is 1. The maximum atomic E-state index is 11.7. The van der Waals surface area contributed by atoms with E-state index >= 15 is 0 Å². The largest absolute Gasteiger partial charge is 0.502 e. The van der Waals surface area contributed by atoms with Gasteiger partial charge in [-0.3, -0.25) is 4.79 Å². The first kappa shape index (κ1) is 17.5. The molecule has 0 radical (unpaired) electrons. The number of piperazine rings is 1. The van der Waals surface area contributed by atoms with E-state index in [9.17, 15) is 9.90 Å². The molecule has 2 heterocycles. The Morgan fingerprint density at radius 1 is 1.24 bits per heavy atom. The van der Waals surface area contributed by atoms with Gasteiger partial charge in [-0.25, -0.2) is 0 Å². The van der Waals surface area contributed by atoms with Gasteiger partial charge in [-0.1, -0.05) is 12.1 Å². The monoisotopic (exact) mass is 345 g/mol. The molecule has 0 bridgehead atoms. The van der Waals surface area contributed by atoms with Crippen molar-refractivity contribution in [1.29, 1.82) is 0 Å². The fraction of sp³-hybridized carbons (Fsp3) is 0.421. The number of rotatable bonds is 4. The van der Waals surface area contributed by atoms with E-state index in [1.165, 1.54) is 21.7 Å². The molecular weight excluding hydrogens is 320 g/mol. The van der Waals surface area contributed by atoms with Crippen LogP contribution in [-0.2, 0) is 13.2 Å². The van der Waals surface area contributed by atoms with E-state index in [0.29, 0.717) is 6.54 Å².